The van der Waals surface area contributed by atoms with Crippen LogP contribution in [0.4, 0.5) is 0 Å². The average Bonchev–Trinajstić information content (AvgIpc) is 3.07. The second-order valence-electron chi connectivity index (χ2n) is 11.5. The molecule has 4 aliphatic rings. The summed E-state index contributed by atoms with van der Waals surface area (Å²) in [6, 6.07) is 32.5. The van der Waals surface area contributed by atoms with Gasteiger partial charge in [-0.15, -0.1) is 0 Å². The predicted octanol–water partition coefficient (Wildman–Crippen LogP) is 6.39. The predicted molar refractivity (Wildman–Crippen MR) is 163 cm³/mol. The Bertz CT molecular complexity index is 1360. The second kappa shape index (κ2) is 11.1. The van der Waals surface area contributed by atoms with Crippen LogP contribution in [0.3, 0.4) is 0 Å². The third-order valence-corrected chi connectivity index (χ3v) is 9.60. The van der Waals surface area contributed by atoms with E-state index in [9.17, 15) is 0 Å². The molecule has 0 aromatic heterocycles. The molecule has 7 nitrogen and oxygen atoms in total. The first kappa shape index (κ1) is 27.5. The lowest BCUT2D eigenvalue weighted by molar-refractivity contribution is -0.208. The number of benzene rings is 4. The zero-order valence-electron chi connectivity index (χ0n) is 24.8. The first-order valence-corrected chi connectivity index (χ1v) is 14.7. The number of Topliss-reactive ketones (excluding diaryl/α,β-unsaturated/α-hetero) is 1. The van der Waals surface area contributed by atoms with Crippen LogP contribution in [0.2, 0.25) is 0 Å². The number of ketones is 1. The van der Waals surface area contributed by atoms with Crippen LogP contribution in [-0.4, -0.2) is 50.7 Å². The molecule has 0 saturated carbocycles. The Kier molecular flexibility index (Phi) is 7.07. The number of carbonyl (C=O) groups excluding carboxylic acids is 1. The number of hydrogen-bond donors (Lipinski definition) is 0. The minimum atomic E-state index is -0.246. The van der Waals surface area contributed by atoms with Crippen LogP contribution in [-0.2, 0) is 4.79 Å². The van der Waals surface area contributed by atoms with Crippen LogP contribution >= 0.6 is 0 Å². The number of methoxy groups -OCH3 is 4. The molecule has 0 aliphatic carbocycles. The molecular formula is C36H36N2O5. The molecule has 43 heavy (non-hydrogen) atoms. The van der Waals surface area contributed by atoms with Crippen LogP contribution in [0, 0.1) is 11.8 Å². The van der Waals surface area contributed by atoms with Crippen LogP contribution < -0.4 is 18.9 Å². The molecule has 4 heterocycles. The molecule has 220 valence electrons. The largest absolute Gasteiger partial charge is 0.497 e. The van der Waals surface area contributed by atoms with Gasteiger partial charge in [0, 0.05) is 24.2 Å². The second-order valence-corrected chi connectivity index (χ2v) is 11.5. The van der Waals surface area contributed by atoms with Crippen molar-refractivity contribution in [3.05, 3.63) is 119 Å². The summed E-state index contributed by atoms with van der Waals surface area (Å²) in [4.78, 5) is 20.1. The Balaban J connectivity index is 1.41. The summed E-state index contributed by atoms with van der Waals surface area (Å²) in [5.41, 5.74) is 4.49. The maximum Gasteiger partial charge on any atom is 0.146 e. The lowest BCUT2D eigenvalue weighted by Gasteiger charge is -2.67. The molecular weight excluding hydrogens is 540 g/mol. The van der Waals surface area contributed by atoms with Crippen molar-refractivity contribution < 1.29 is 23.7 Å². The molecule has 0 radical (unpaired) electrons. The van der Waals surface area contributed by atoms with E-state index in [2.05, 4.69) is 58.3 Å². The summed E-state index contributed by atoms with van der Waals surface area (Å²) in [6.45, 7) is 0.709. The maximum atomic E-state index is 15.0. The summed E-state index contributed by atoms with van der Waals surface area (Å²) < 4.78 is 21.9. The summed E-state index contributed by atoms with van der Waals surface area (Å²) in [5, 5.41) is 0. The molecule has 0 amide bonds. The van der Waals surface area contributed by atoms with E-state index < -0.39 is 0 Å². The highest BCUT2D eigenvalue weighted by atomic mass is 16.5. The average molecular weight is 577 g/mol. The summed E-state index contributed by atoms with van der Waals surface area (Å²) in [6.07, 6.45) is 0. The highest BCUT2D eigenvalue weighted by molar-refractivity contribution is 5.89. The number of rotatable bonds is 8. The Morgan fingerprint density at radius 1 is 0.442 bits per heavy atom. The number of hydrogen-bond acceptors (Lipinski definition) is 7. The van der Waals surface area contributed by atoms with E-state index in [-0.39, 0.29) is 36.0 Å². The van der Waals surface area contributed by atoms with E-state index in [1.54, 1.807) is 28.4 Å². The third kappa shape index (κ3) is 4.46. The molecule has 4 aromatic carbocycles. The van der Waals surface area contributed by atoms with Crippen molar-refractivity contribution in [2.45, 2.75) is 24.2 Å². The summed E-state index contributed by atoms with van der Waals surface area (Å²) >= 11 is 0. The van der Waals surface area contributed by atoms with Crippen LogP contribution in [0.15, 0.2) is 97.1 Å². The molecule has 4 saturated heterocycles. The molecule has 8 rings (SSSR count). The normalized spacial score (nSPS) is 28.9. The molecule has 4 fully saturated rings. The Morgan fingerprint density at radius 3 is 0.884 bits per heavy atom. The highest BCUT2D eigenvalue weighted by Gasteiger charge is 2.65. The standard InChI is InChI=1S/C36H36N2O5/c1-40-26-13-5-22(6-14-26)32-30-33(23-7-15-27(41-2)16-8-23)38-21-37(32)34(24-9-17-28(42-3)18-10-24)31(36(30)39)35(38)25-11-19-29(43-4)20-12-25/h5-20,30-35H,21H2,1-4H3. The highest BCUT2D eigenvalue weighted by Crippen LogP contribution is 2.64. The van der Waals surface area contributed by atoms with Crippen molar-refractivity contribution in [2.75, 3.05) is 35.1 Å². The fourth-order valence-electron chi connectivity index (χ4n) is 7.70. The van der Waals surface area contributed by atoms with Gasteiger partial charge in [-0.05, 0) is 70.8 Å². The minimum absolute atomic E-state index is 0.0954. The van der Waals surface area contributed by atoms with Gasteiger partial charge in [0.25, 0.3) is 0 Å². The van der Waals surface area contributed by atoms with Crippen molar-refractivity contribution in [1.82, 2.24) is 9.80 Å². The molecule has 4 atom stereocenters. The van der Waals surface area contributed by atoms with Gasteiger partial charge in [-0.25, -0.2) is 0 Å². The minimum Gasteiger partial charge on any atom is -0.497 e. The van der Waals surface area contributed by atoms with E-state index >= 15 is 4.79 Å². The van der Waals surface area contributed by atoms with Crippen LogP contribution in [0.25, 0.3) is 0 Å². The molecule has 0 spiro atoms. The molecule has 4 aromatic rings. The molecule has 4 aliphatic heterocycles. The van der Waals surface area contributed by atoms with E-state index in [0.717, 1.165) is 45.3 Å². The van der Waals surface area contributed by atoms with Gasteiger partial charge in [-0.2, -0.15) is 0 Å². The van der Waals surface area contributed by atoms with Crippen LogP contribution in [0.1, 0.15) is 46.4 Å². The SMILES string of the molecule is COc1ccc(C2C3C(=O)C4C(c5ccc(OC)cc5)N2CN(C3c2ccc(OC)cc2)C4c2ccc(OC)cc2)cc1. The van der Waals surface area contributed by atoms with Gasteiger partial charge in [0.05, 0.1) is 46.9 Å². The maximum absolute atomic E-state index is 15.0. The molecule has 7 heteroatoms. The Labute approximate surface area is 252 Å². The number of carbonyl (C=O) groups is 1. The number of piperidine rings is 2. The number of nitrogens with zero attached hydrogens (tertiary/aromatic N) is 2. The van der Waals surface area contributed by atoms with Crippen LogP contribution in [0.5, 0.6) is 23.0 Å². The summed E-state index contributed by atoms with van der Waals surface area (Å²) in [7, 11) is 6.71. The van der Waals surface area contributed by atoms with Gasteiger partial charge < -0.3 is 18.9 Å². The van der Waals surface area contributed by atoms with Crippen molar-refractivity contribution in [2.24, 2.45) is 11.8 Å². The Hall–Kier alpha value is -4.33. The molecule has 4 unspecified atom stereocenters. The smallest absolute Gasteiger partial charge is 0.146 e. The first-order chi connectivity index (χ1) is 21.1. The molecule has 4 bridgehead atoms. The lowest BCUT2D eigenvalue weighted by Crippen LogP contribution is -2.69. The fourth-order valence-corrected chi connectivity index (χ4v) is 7.70. The monoisotopic (exact) mass is 576 g/mol. The number of ether oxygens (including phenoxy) is 4. The van der Waals surface area contributed by atoms with Crippen molar-refractivity contribution >= 4 is 5.78 Å². The van der Waals surface area contributed by atoms with Crippen molar-refractivity contribution in [3.8, 4) is 23.0 Å². The zero-order chi connectivity index (χ0) is 29.7. The van der Waals surface area contributed by atoms with E-state index in [1.165, 1.54) is 0 Å². The van der Waals surface area contributed by atoms with Gasteiger partial charge in [0.15, 0.2) is 0 Å². The van der Waals surface area contributed by atoms with E-state index in [4.69, 9.17) is 18.9 Å². The fraction of sp³-hybridized carbons (Fsp3) is 0.306. The molecule has 0 N–H and O–H groups in total. The van der Waals surface area contributed by atoms with Gasteiger partial charge >= 0.3 is 0 Å². The summed E-state index contributed by atoms with van der Waals surface area (Å²) in [5.74, 6) is 3.02. The third-order valence-electron chi connectivity index (χ3n) is 9.60. The van der Waals surface area contributed by atoms with Gasteiger partial charge in [-0.1, -0.05) is 48.5 Å². The van der Waals surface area contributed by atoms with Gasteiger partial charge in [0.1, 0.15) is 28.8 Å². The quantitative estimate of drug-likeness (QED) is 0.241. The van der Waals surface area contributed by atoms with Crippen molar-refractivity contribution in [3.63, 3.8) is 0 Å². The topological polar surface area (TPSA) is 60.5 Å². The zero-order valence-corrected chi connectivity index (χ0v) is 24.8. The van der Waals surface area contributed by atoms with E-state index in [0.29, 0.717) is 12.5 Å². The van der Waals surface area contributed by atoms with E-state index in [1.807, 2.05) is 48.5 Å². The van der Waals surface area contributed by atoms with Gasteiger partial charge in [0.2, 0.25) is 0 Å². The van der Waals surface area contributed by atoms with Gasteiger partial charge in [-0.3, -0.25) is 14.6 Å². The first-order valence-electron chi connectivity index (χ1n) is 14.7. The lowest BCUT2D eigenvalue weighted by atomic mass is 9.60. The van der Waals surface area contributed by atoms with Crippen molar-refractivity contribution in [1.29, 1.82) is 0 Å². The Morgan fingerprint density at radius 2 is 0.674 bits per heavy atom.